The molecule has 1 N–H and O–H groups in total. The molecule has 1 aliphatic rings. The number of piperazine rings is 1. The average Bonchev–Trinajstić information content (AvgIpc) is 2.56. The van der Waals surface area contributed by atoms with Gasteiger partial charge < -0.3 is 14.6 Å². The Labute approximate surface area is 139 Å². The smallest absolute Gasteiger partial charge is 0.223 e. The molecule has 0 aromatic carbocycles. The molecule has 2 rings (SSSR count). The van der Waals surface area contributed by atoms with E-state index in [1.54, 1.807) is 12.3 Å². The average molecular weight is 321 g/mol. The van der Waals surface area contributed by atoms with Crippen LogP contribution in [0.1, 0.15) is 45.2 Å². The molecule has 0 bridgehead atoms. The first-order valence-corrected chi connectivity index (χ1v) is 9.01. The normalized spacial score (nSPS) is 16.8. The molecule has 0 spiro atoms. The van der Waals surface area contributed by atoms with E-state index in [-0.39, 0.29) is 11.2 Å². The second-order valence-corrected chi connectivity index (χ2v) is 6.48. The van der Waals surface area contributed by atoms with Gasteiger partial charge in [0.2, 0.25) is 5.43 Å². The van der Waals surface area contributed by atoms with E-state index < -0.39 is 0 Å². The van der Waals surface area contributed by atoms with E-state index in [0.717, 1.165) is 57.9 Å². The SMILES string of the molecule is CCCCCCn1cc(O)c(=O)cc1CN1CCN(CC)CC1. The van der Waals surface area contributed by atoms with Crippen molar-refractivity contribution in [3.05, 3.63) is 28.2 Å². The van der Waals surface area contributed by atoms with E-state index in [1.807, 2.05) is 0 Å². The molecule has 0 atom stereocenters. The summed E-state index contributed by atoms with van der Waals surface area (Å²) >= 11 is 0. The minimum absolute atomic E-state index is 0.139. The van der Waals surface area contributed by atoms with E-state index in [9.17, 15) is 9.90 Å². The van der Waals surface area contributed by atoms with Gasteiger partial charge >= 0.3 is 0 Å². The Morgan fingerprint density at radius 1 is 1.04 bits per heavy atom. The maximum absolute atomic E-state index is 11.8. The number of nitrogens with zero attached hydrogens (tertiary/aromatic N) is 3. The Hall–Kier alpha value is -1.33. The monoisotopic (exact) mass is 321 g/mol. The van der Waals surface area contributed by atoms with E-state index in [1.165, 1.54) is 19.3 Å². The van der Waals surface area contributed by atoms with Gasteiger partial charge in [-0.15, -0.1) is 0 Å². The van der Waals surface area contributed by atoms with Gasteiger partial charge in [-0.05, 0) is 13.0 Å². The highest BCUT2D eigenvalue weighted by molar-refractivity contribution is 5.20. The number of aromatic nitrogens is 1. The largest absolute Gasteiger partial charge is 0.503 e. The Bertz CT molecular complexity index is 534. The first kappa shape index (κ1) is 18.0. The standard InChI is InChI=1S/C18H31N3O2/c1-3-5-6-7-8-21-15-18(23)17(22)13-16(21)14-20-11-9-19(4-2)10-12-20/h13,15,23H,3-12,14H2,1-2H3. The van der Waals surface area contributed by atoms with Crippen LogP contribution in [0.2, 0.25) is 0 Å². The lowest BCUT2D eigenvalue weighted by Crippen LogP contribution is -2.46. The highest BCUT2D eigenvalue weighted by Crippen LogP contribution is 2.12. The third-order valence-corrected chi connectivity index (χ3v) is 4.75. The Morgan fingerprint density at radius 2 is 1.74 bits per heavy atom. The molecule has 5 nitrogen and oxygen atoms in total. The summed E-state index contributed by atoms with van der Waals surface area (Å²) < 4.78 is 2.07. The van der Waals surface area contributed by atoms with Gasteiger partial charge in [0.25, 0.3) is 0 Å². The Kier molecular flexibility index (Phi) is 7.12. The quantitative estimate of drug-likeness (QED) is 0.746. The Balaban J connectivity index is 2.01. The predicted molar refractivity (Wildman–Crippen MR) is 93.9 cm³/mol. The van der Waals surface area contributed by atoms with Gasteiger partial charge in [0, 0.05) is 51.0 Å². The van der Waals surface area contributed by atoms with Crippen LogP contribution < -0.4 is 5.43 Å². The highest BCUT2D eigenvalue weighted by atomic mass is 16.3. The topological polar surface area (TPSA) is 48.7 Å². The highest BCUT2D eigenvalue weighted by Gasteiger charge is 2.17. The van der Waals surface area contributed by atoms with Gasteiger partial charge in [0.15, 0.2) is 5.75 Å². The van der Waals surface area contributed by atoms with Crippen molar-refractivity contribution in [2.24, 2.45) is 0 Å². The number of hydrogen-bond acceptors (Lipinski definition) is 4. The number of rotatable bonds is 8. The zero-order valence-electron chi connectivity index (χ0n) is 14.6. The maximum atomic E-state index is 11.8. The van der Waals surface area contributed by atoms with Crippen LogP contribution in [0.15, 0.2) is 17.1 Å². The van der Waals surface area contributed by atoms with Crippen LogP contribution in [-0.2, 0) is 13.1 Å². The number of likely N-dealkylation sites (N-methyl/N-ethyl adjacent to an activating group) is 1. The van der Waals surface area contributed by atoms with Gasteiger partial charge in [0.1, 0.15) is 0 Å². The lowest BCUT2D eigenvalue weighted by Gasteiger charge is -2.34. The summed E-state index contributed by atoms with van der Waals surface area (Å²) in [4.78, 5) is 16.7. The molecule has 1 fully saturated rings. The van der Waals surface area contributed by atoms with Crippen LogP contribution in [0.3, 0.4) is 0 Å². The van der Waals surface area contributed by atoms with E-state index in [4.69, 9.17) is 0 Å². The summed E-state index contributed by atoms with van der Waals surface area (Å²) in [5, 5.41) is 9.75. The summed E-state index contributed by atoms with van der Waals surface area (Å²) in [6.07, 6.45) is 6.35. The second-order valence-electron chi connectivity index (χ2n) is 6.48. The predicted octanol–water partition coefficient (Wildman–Crippen LogP) is 2.27. The van der Waals surface area contributed by atoms with Gasteiger partial charge in [-0.3, -0.25) is 9.69 Å². The van der Waals surface area contributed by atoms with E-state index in [0.29, 0.717) is 0 Å². The van der Waals surface area contributed by atoms with Gasteiger partial charge in [0.05, 0.1) is 6.20 Å². The summed E-state index contributed by atoms with van der Waals surface area (Å²) in [6, 6.07) is 1.61. The lowest BCUT2D eigenvalue weighted by atomic mass is 10.2. The van der Waals surface area contributed by atoms with Gasteiger partial charge in [-0.1, -0.05) is 33.1 Å². The molecule has 1 aromatic rings. The number of hydrogen-bond donors (Lipinski definition) is 1. The van der Waals surface area contributed by atoms with Crippen molar-refractivity contribution in [2.75, 3.05) is 32.7 Å². The third-order valence-electron chi connectivity index (χ3n) is 4.75. The van der Waals surface area contributed by atoms with Crippen molar-refractivity contribution in [3.8, 4) is 5.75 Å². The second kappa shape index (κ2) is 9.08. The molecule has 1 saturated heterocycles. The van der Waals surface area contributed by atoms with Gasteiger partial charge in [-0.2, -0.15) is 0 Å². The number of aryl methyl sites for hydroxylation is 1. The summed E-state index contributed by atoms with van der Waals surface area (Å²) in [5.41, 5.74) is 0.756. The van der Waals surface area contributed by atoms with Crippen molar-refractivity contribution in [3.63, 3.8) is 0 Å². The molecule has 0 unspecified atom stereocenters. The van der Waals surface area contributed by atoms with Crippen molar-refractivity contribution in [1.29, 1.82) is 0 Å². The molecule has 23 heavy (non-hydrogen) atoms. The van der Waals surface area contributed by atoms with Crippen molar-refractivity contribution < 1.29 is 5.11 Å². The van der Waals surface area contributed by atoms with Crippen LogP contribution in [-0.4, -0.2) is 52.2 Å². The van der Waals surface area contributed by atoms with Crippen LogP contribution in [0.4, 0.5) is 0 Å². The van der Waals surface area contributed by atoms with Crippen LogP contribution in [0.25, 0.3) is 0 Å². The molecule has 130 valence electrons. The molecule has 0 radical (unpaired) electrons. The molecule has 0 saturated carbocycles. The fourth-order valence-electron chi connectivity index (χ4n) is 3.15. The summed E-state index contributed by atoms with van der Waals surface area (Å²) in [5.74, 6) is -0.139. The maximum Gasteiger partial charge on any atom is 0.223 e. The molecular formula is C18H31N3O2. The number of aromatic hydroxyl groups is 1. The fraction of sp³-hybridized carbons (Fsp3) is 0.722. The van der Waals surface area contributed by atoms with Crippen LogP contribution >= 0.6 is 0 Å². The van der Waals surface area contributed by atoms with E-state index >= 15 is 0 Å². The Morgan fingerprint density at radius 3 is 2.39 bits per heavy atom. The molecule has 0 aliphatic carbocycles. The fourth-order valence-corrected chi connectivity index (χ4v) is 3.15. The molecule has 1 aromatic heterocycles. The lowest BCUT2D eigenvalue weighted by molar-refractivity contribution is 0.129. The minimum Gasteiger partial charge on any atom is -0.503 e. The third kappa shape index (κ3) is 5.36. The minimum atomic E-state index is -0.267. The molecule has 0 amide bonds. The van der Waals surface area contributed by atoms with Crippen LogP contribution in [0, 0.1) is 0 Å². The number of unbranched alkanes of at least 4 members (excludes halogenated alkanes) is 3. The first-order valence-electron chi connectivity index (χ1n) is 9.01. The zero-order chi connectivity index (χ0) is 16.7. The number of pyridine rings is 1. The summed E-state index contributed by atoms with van der Waals surface area (Å²) in [7, 11) is 0. The van der Waals surface area contributed by atoms with Crippen molar-refractivity contribution in [2.45, 2.75) is 52.6 Å². The molecule has 2 heterocycles. The zero-order valence-corrected chi connectivity index (χ0v) is 14.6. The molecule has 1 aliphatic heterocycles. The van der Waals surface area contributed by atoms with Crippen molar-refractivity contribution >= 4 is 0 Å². The van der Waals surface area contributed by atoms with Crippen LogP contribution in [0.5, 0.6) is 5.75 Å². The van der Waals surface area contributed by atoms with E-state index in [2.05, 4.69) is 28.2 Å². The molecular weight excluding hydrogens is 290 g/mol. The molecule has 5 heteroatoms. The van der Waals surface area contributed by atoms with Gasteiger partial charge in [-0.25, -0.2) is 0 Å². The first-order chi connectivity index (χ1) is 11.1. The summed E-state index contributed by atoms with van der Waals surface area (Å²) in [6.45, 7) is 11.4. The van der Waals surface area contributed by atoms with Crippen molar-refractivity contribution in [1.82, 2.24) is 14.4 Å².